The number of hydrogen-bond donors (Lipinski definition) is 1. The quantitative estimate of drug-likeness (QED) is 0.234. The molecule has 3 rings (SSSR count). The zero-order chi connectivity index (χ0) is 30.5. The molecule has 0 saturated carbocycles. The Hall–Kier alpha value is -3.84. The van der Waals surface area contributed by atoms with Crippen LogP contribution in [-0.4, -0.2) is 51.4 Å². The molecule has 0 amide bonds. The van der Waals surface area contributed by atoms with E-state index in [1.54, 1.807) is 24.3 Å². The molecule has 1 unspecified atom stereocenters. The summed E-state index contributed by atoms with van der Waals surface area (Å²) in [6.45, 7) is 2.64. The molecule has 2 N–H and O–H groups in total. The lowest BCUT2D eigenvalue weighted by Gasteiger charge is -2.37. The number of ether oxygens (including phenoxy) is 4. The van der Waals surface area contributed by atoms with Gasteiger partial charge in [-0.1, -0.05) is 34.1 Å². The van der Waals surface area contributed by atoms with Gasteiger partial charge in [0.25, 0.3) is 0 Å². The zero-order valence-electron chi connectivity index (χ0n) is 22.6. The van der Waals surface area contributed by atoms with Crippen LogP contribution in [0, 0.1) is 0 Å². The van der Waals surface area contributed by atoms with Crippen molar-refractivity contribution < 1.29 is 46.5 Å². The molecule has 9 nitrogen and oxygen atoms in total. The van der Waals surface area contributed by atoms with Gasteiger partial charge in [-0.05, 0) is 49.7 Å². The van der Waals surface area contributed by atoms with Gasteiger partial charge in [0.1, 0.15) is 12.4 Å². The fraction of sp³-hybridized carbons (Fsp3) is 0.321. The highest BCUT2D eigenvalue weighted by Gasteiger charge is 2.43. The van der Waals surface area contributed by atoms with Gasteiger partial charge >= 0.3 is 24.1 Å². The summed E-state index contributed by atoms with van der Waals surface area (Å²) in [5.74, 6) is -4.20. The molecule has 2 aromatic carbocycles. The number of esters is 3. The number of halogens is 4. The Morgan fingerprint density at radius 2 is 1.68 bits per heavy atom. The fourth-order valence-corrected chi connectivity index (χ4v) is 4.55. The van der Waals surface area contributed by atoms with Crippen molar-refractivity contribution in [2.24, 2.45) is 5.73 Å². The van der Waals surface area contributed by atoms with E-state index in [1.807, 2.05) is 0 Å². The average molecular weight is 641 g/mol. The van der Waals surface area contributed by atoms with Crippen molar-refractivity contribution in [3.63, 3.8) is 0 Å². The van der Waals surface area contributed by atoms with Gasteiger partial charge in [0.05, 0.1) is 36.3 Å². The summed E-state index contributed by atoms with van der Waals surface area (Å²) in [6.07, 6.45) is -6.01. The van der Waals surface area contributed by atoms with Gasteiger partial charge in [-0.3, -0.25) is 0 Å². The minimum atomic E-state index is -4.68. The molecule has 0 fully saturated rings. The van der Waals surface area contributed by atoms with Crippen molar-refractivity contribution in [2.75, 3.05) is 32.3 Å². The molecule has 0 aromatic heterocycles. The molecule has 2 atom stereocenters. The Morgan fingerprint density at radius 1 is 1.02 bits per heavy atom. The number of alkyl halides is 3. The molecular weight excluding hydrogens is 613 g/mol. The molecule has 41 heavy (non-hydrogen) atoms. The molecule has 0 aliphatic carbocycles. The maximum atomic E-state index is 13.7. The van der Waals surface area contributed by atoms with E-state index in [1.165, 1.54) is 33.1 Å². The number of nitrogens with two attached hydrogens (primary N) is 1. The Morgan fingerprint density at radius 3 is 2.27 bits per heavy atom. The van der Waals surface area contributed by atoms with Crippen molar-refractivity contribution in [1.29, 1.82) is 0 Å². The van der Waals surface area contributed by atoms with Crippen LogP contribution in [0.3, 0.4) is 0 Å². The lowest BCUT2D eigenvalue weighted by atomic mass is 9.80. The van der Waals surface area contributed by atoms with Crippen molar-refractivity contribution >= 4 is 39.5 Å². The molecule has 13 heteroatoms. The maximum absolute atomic E-state index is 13.7. The highest BCUT2D eigenvalue weighted by Crippen LogP contribution is 2.44. The number of anilines is 1. The van der Waals surface area contributed by atoms with Crippen LogP contribution in [0.4, 0.5) is 18.9 Å². The van der Waals surface area contributed by atoms with E-state index in [-0.39, 0.29) is 41.6 Å². The second-order valence-electron chi connectivity index (χ2n) is 8.87. The summed E-state index contributed by atoms with van der Waals surface area (Å²) in [6, 6.07) is 10.9. The lowest BCUT2D eigenvalue weighted by Crippen LogP contribution is -2.40. The number of hydrogen-bond acceptors (Lipinski definition) is 9. The summed E-state index contributed by atoms with van der Waals surface area (Å²) in [5, 5.41) is 0. The molecule has 220 valence electrons. The first-order valence-electron chi connectivity index (χ1n) is 12.2. The highest BCUT2D eigenvalue weighted by atomic mass is 79.9. The second kappa shape index (κ2) is 13.2. The first-order chi connectivity index (χ1) is 19.3. The van der Waals surface area contributed by atoms with E-state index in [2.05, 4.69) is 20.7 Å². The minimum Gasteiger partial charge on any atom is -0.466 e. The molecule has 0 saturated heterocycles. The number of carbonyl (C=O) groups excluding carboxylic acids is 3. The van der Waals surface area contributed by atoms with Crippen LogP contribution < -0.4 is 10.6 Å². The van der Waals surface area contributed by atoms with E-state index in [0.29, 0.717) is 10.0 Å². The molecule has 1 aliphatic heterocycles. The first kappa shape index (κ1) is 31.7. The van der Waals surface area contributed by atoms with E-state index in [4.69, 9.17) is 19.9 Å². The average Bonchev–Trinajstić information content (AvgIpc) is 2.92. The summed E-state index contributed by atoms with van der Waals surface area (Å²) in [7, 11) is 2.53. The molecule has 1 heterocycles. The highest BCUT2D eigenvalue weighted by molar-refractivity contribution is 9.10. The number of rotatable bonds is 9. The first-order valence-corrected chi connectivity index (χ1v) is 13.0. The zero-order valence-corrected chi connectivity index (χ0v) is 24.2. The molecule has 0 radical (unpaired) electrons. The molecule has 1 aliphatic rings. The van der Waals surface area contributed by atoms with E-state index < -0.39 is 41.7 Å². The van der Waals surface area contributed by atoms with E-state index in [9.17, 15) is 27.6 Å². The Kier molecular flexibility index (Phi) is 10.2. The molecular formula is C28H28BrF3N2O7. The summed E-state index contributed by atoms with van der Waals surface area (Å²) >= 11 is 3.35. The molecule has 2 aromatic rings. The standard InChI is InChI=1S/C28H28BrF3N2O7/c1-15-21(27(37)41-16(2)25(35)39-4)22(17-8-10-19(29)11-9-17)23(26(36)40-13-12-38-3)24(33)34(15)20-7-5-6-18(14-20)28(30,31)32/h5-11,14,16,22H,12-13,33H2,1-4H3/t16-,22?/m0/s1. The van der Waals surface area contributed by atoms with Gasteiger partial charge in [-0.25, -0.2) is 14.4 Å². The van der Waals surface area contributed by atoms with Crippen LogP contribution in [-0.2, 0) is 39.5 Å². The third-order valence-electron chi connectivity index (χ3n) is 6.23. The molecule has 0 bridgehead atoms. The largest absolute Gasteiger partial charge is 0.466 e. The normalized spacial score (nSPS) is 16.4. The number of nitrogens with zero attached hydrogens (tertiary/aromatic N) is 1. The number of benzene rings is 2. The Balaban J connectivity index is 2.31. The SMILES string of the molecule is COCCOC(=O)C1=C(N)N(c2cccc(C(F)(F)F)c2)C(C)=C(C(=O)O[C@@H](C)C(=O)OC)C1c1ccc(Br)cc1. The fourth-order valence-electron chi connectivity index (χ4n) is 4.29. The van der Waals surface area contributed by atoms with Crippen LogP contribution in [0.1, 0.15) is 30.9 Å². The predicted octanol–water partition coefficient (Wildman–Crippen LogP) is 4.81. The number of carbonyl (C=O) groups is 3. The van der Waals surface area contributed by atoms with Crippen LogP contribution >= 0.6 is 15.9 Å². The van der Waals surface area contributed by atoms with Crippen LogP contribution in [0.2, 0.25) is 0 Å². The maximum Gasteiger partial charge on any atom is 0.416 e. The van der Waals surface area contributed by atoms with E-state index >= 15 is 0 Å². The monoisotopic (exact) mass is 640 g/mol. The second-order valence-corrected chi connectivity index (χ2v) is 9.78. The summed E-state index contributed by atoms with van der Waals surface area (Å²) < 4.78 is 61.8. The summed E-state index contributed by atoms with van der Waals surface area (Å²) in [4.78, 5) is 40.4. The topological polar surface area (TPSA) is 117 Å². The van der Waals surface area contributed by atoms with Gasteiger partial charge in [-0.2, -0.15) is 13.2 Å². The van der Waals surface area contributed by atoms with E-state index in [0.717, 1.165) is 24.1 Å². The summed E-state index contributed by atoms with van der Waals surface area (Å²) in [5.41, 5.74) is 5.62. The Bertz CT molecular complexity index is 1370. The van der Waals surface area contributed by atoms with Crippen LogP contribution in [0.5, 0.6) is 0 Å². The van der Waals surface area contributed by atoms with Crippen LogP contribution in [0.25, 0.3) is 0 Å². The number of allylic oxidation sites excluding steroid dienone is 1. The van der Waals surface area contributed by atoms with Crippen molar-refractivity contribution in [3.8, 4) is 0 Å². The van der Waals surface area contributed by atoms with Gasteiger partial charge in [0, 0.05) is 23.0 Å². The third-order valence-corrected chi connectivity index (χ3v) is 6.76. The van der Waals surface area contributed by atoms with Gasteiger partial charge < -0.3 is 29.6 Å². The molecule has 0 spiro atoms. The predicted molar refractivity (Wildman–Crippen MR) is 145 cm³/mol. The van der Waals surface area contributed by atoms with Crippen molar-refractivity contribution in [3.05, 3.63) is 86.8 Å². The lowest BCUT2D eigenvalue weighted by molar-refractivity contribution is -0.162. The van der Waals surface area contributed by atoms with Gasteiger partial charge in [0.15, 0.2) is 6.10 Å². The van der Waals surface area contributed by atoms with Crippen LogP contribution in [0.15, 0.2) is 75.7 Å². The van der Waals surface area contributed by atoms with Crippen molar-refractivity contribution in [2.45, 2.75) is 32.0 Å². The number of methoxy groups -OCH3 is 2. The van der Waals surface area contributed by atoms with Gasteiger partial charge in [0.2, 0.25) is 0 Å². The van der Waals surface area contributed by atoms with Crippen molar-refractivity contribution in [1.82, 2.24) is 0 Å². The third kappa shape index (κ3) is 7.09. The minimum absolute atomic E-state index is 0.0552. The Labute approximate surface area is 242 Å². The smallest absolute Gasteiger partial charge is 0.416 e. The van der Waals surface area contributed by atoms with Gasteiger partial charge in [-0.15, -0.1) is 0 Å².